The van der Waals surface area contributed by atoms with Gasteiger partial charge in [-0.3, -0.25) is 4.79 Å². The van der Waals surface area contributed by atoms with Crippen molar-refractivity contribution in [1.29, 1.82) is 0 Å². The van der Waals surface area contributed by atoms with Crippen LogP contribution in [0, 0.1) is 18.8 Å². The molecule has 0 heterocycles. The van der Waals surface area contributed by atoms with E-state index in [0.29, 0.717) is 5.92 Å². The maximum Gasteiger partial charge on any atom is 0.306 e. The lowest BCUT2D eigenvalue weighted by Crippen LogP contribution is -2.22. The van der Waals surface area contributed by atoms with Crippen molar-refractivity contribution < 1.29 is 9.90 Å². The summed E-state index contributed by atoms with van der Waals surface area (Å²) in [7, 11) is 2.03. The highest BCUT2D eigenvalue weighted by atomic mass is 16.4. The first-order chi connectivity index (χ1) is 7.59. The average Bonchev–Trinajstić information content (AvgIpc) is 2.97. The first kappa shape index (κ1) is 11.0. The smallest absolute Gasteiger partial charge is 0.306 e. The Morgan fingerprint density at radius 2 is 2.19 bits per heavy atom. The van der Waals surface area contributed by atoms with Crippen LogP contribution in [-0.4, -0.2) is 24.7 Å². The Labute approximate surface area is 95.7 Å². The molecule has 1 aliphatic rings. The Hall–Kier alpha value is -1.51. The van der Waals surface area contributed by atoms with E-state index in [-0.39, 0.29) is 5.92 Å². The van der Waals surface area contributed by atoms with Crippen LogP contribution in [0.15, 0.2) is 24.3 Å². The minimum absolute atomic E-state index is 0.119. The summed E-state index contributed by atoms with van der Waals surface area (Å²) in [5, 5.41) is 8.84. The fourth-order valence-corrected chi connectivity index (χ4v) is 2.19. The molecule has 1 N–H and O–H groups in total. The van der Waals surface area contributed by atoms with E-state index in [4.69, 9.17) is 5.11 Å². The highest BCUT2D eigenvalue weighted by molar-refractivity contribution is 5.73. The molecule has 86 valence electrons. The van der Waals surface area contributed by atoms with Gasteiger partial charge in [0, 0.05) is 19.3 Å². The van der Waals surface area contributed by atoms with E-state index >= 15 is 0 Å². The molecule has 2 atom stereocenters. The summed E-state index contributed by atoms with van der Waals surface area (Å²) in [6.07, 6.45) is 0.825. The first-order valence-corrected chi connectivity index (χ1v) is 5.59. The van der Waals surface area contributed by atoms with E-state index in [1.807, 2.05) is 19.2 Å². The van der Waals surface area contributed by atoms with E-state index in [9.17, 15) is 4.79 Å². The van der Waals surface area contributed by atoms with Crippen LogP contribution in [0.2, 0.25) is 0 Å². The highest BCUT2D eigenvalue weighted by Gasteiger charge is 2.43. The second-order valence-corrected chi connectivity index (χ2v) is 4.61. The van der Waals surface area contributed by atoms with Crippen molar-refractivity contribution in [2.45, 2.75) is 13.3 Å². The van der Waals surface area contributed by atoms with Gasteiger partial charge in [0.15, 0.2) is 0 Å². The Kier molecular flexibility index (Phi) is 2.86. The summed E-state index contributed by atoms with van der Waals surface area (Å²) < 4.78 is 0. The number of aliphatic carboxylic acids is 1. The molecule has 1 aliphatic carbocycles. The summed E-state index contributed by atoms with van der Waals surface area (Å²) >= 11 is 0. The van der Waals surface area contributed by atoms with Crippen LogP contribution in [0.3, 0.4) is 0 Å². The van der Waals surface area contributed by atoms with Crippen LogP contribution in [0.4, 0.5) is 5.69 Å². The Balaban J connectivity index is 1.97. The molecule has 1 aromatic carbocycles. The molecule has 2 unspecified atom stereocenters. The minimum atomic E-state index is -0.650. The number of hydrogen-bond donors (Lipinski definition) is 1. The Morgan fingerprint density at radius 1 is 1.50 bits per heavy atom. The molecule has 0 aliphatic heterocycles. The number of carboxylic acid groups (broad SMARTS) is 1. The number of carbonyl (C=O) groups is 1. The molecule has 1 aromatic rings. The van der Waals surface area contributed by atoms with Gasteiger partial charge in [0.25, 0.3) is 0 Å². The van der Waals surface area contributed by atoms with Gasteiger partial charge in [0.2, 0.25) is 0 Å². The van der Waals surface area contributed by atoms with Gasteiger partial charge in [-0.2, -0.15) is 0 Å². The van der Waals surface area contributed by atoms with Crippen LogP contribution >= 0.6 is 0 Å². The topological polar surface area (TPSA) is 40.5 Å². The zero-order chi connectivity index (χ0) is 11.7. The molecule has 0 saturated heterocycles. The second kappa shape index (κ2) is 4.16. The predicted molar refractivity (Wildman–Crippen MR) is 63.7 cm³/mol. The molecule has 1 saturated carbocycles. The first-order valence-electron chi connectivity index (χ1n) is 5.59. The van der Waals surface area contributed by atoms with Gasteiger partial charge in [0.05, 0.1) is 5.92 Å². The molecule has 3 heteroatoms. The van der Waals surface area contributed by atoms with Crippen molar-refractivity contribution in [2.24, 2.45) is 11.8 Å². The van der Waals surface area contributed by atoms with Gasteiger partial charge < -0.3 is 10.0 Å². The predicted octanol–water partition coefficient (Wildman–Crippen LogP) is 2.15. The lowest BCUT2D eigenvalue weighted by Gasteiger charge is -2.21. The maximum atomic E-state index is 10.7. The molecule has 2 rings (SSSR count). The third-order valence-electron chi connectivity index (χ3n) is 3.27. The third kappa shape index (κ3) is 2.18. The lowest BCUT2D eigenvalue weighted by molar-refractivity contribution is -0.138. The number of benzene rings is 1. The SMILES string of the molecule is Cc1ccccc1N(C)CC1CC1C(=O)O. The standard InChI is InChI=1S/C13H17NO2/c1-9-5-3-4-6-12(9)14(2)8-10-7-11(10)13(15)16/h3-6,10-11H,7-8H2,1-2H3,(H,15,16). The molecule has 1 fully saturated rings. The molecular formula is C13H17NO2. The van der Waals surface area contributed by atoms with E-state index in [2.05, 4.69) is 24.0 Å². The van der Waals surface area contributed by atoms with Crippen molar-refractivity contribution in [3.05, 3.63) is 29.8 Å². The number of nitrogens with zero attached hydrogens (tertiary/aromatic N) is 1. The third-order valence-corrected chi connectivity index (χ3v) is 3.27. The van der Waals surface area contributed by atoms with E-state index in [1.165, 1.54) is 11.3 Å². The van der Waals surface area contributed by atoms with Gasteiger partial charge in [0.1, 0.15) is 0 Å². The monoisotopic (exact) mass is 219 g/mol. The second-order valence-electron chi connectivity index (χ2n) is 4.61. The van der Waals surface area contributed by atoms with Crippen LogP contribution in [0.25, 0.3) is 0 Å². The summed E-state index contributed by atoms with van der Waals surface area (Å²) in [6, 6.07) is 8.19. The fraction of sp³-hybridized carbons (Fsp3) is 0.462. The molecule has 0 radical (unpaired) electrons. The van der Waals surface area contributed by atoms with Gasteiger partial charge in [-0.05, 0) is 30.9 Å². The number of anilines is 1. The molecule has 3 nitrogen and oxygen atoms in total. The minimum Gasteiger partial charge on any atom is -0.481 e. The quantitative estimate of drug-likeness (QED) is 0.843. The van der Waals surface area contributed by atoms with Crippen LogP contribution in [0.5, 0.6) is 0 Å². The molecule has 16 heavy (non-hydrogen) atoms. The molecular weight excluding hydrogens is 202 g/mol. The summed E-state index contributed by atoms with van der Waals surface area (Å²) in [4.78, 5) is 12.9. The summed E-state index contributed by atoms with van der Waals surface area (Å²) in [5.74, 6) is -0.447. The van der Waals surface area contributed by atoms with Crippen molar-refractivity contribution >= 4 is 11.7 Å². The van der Waals surface area contributed by atoms with Crippen molar-refractivity contribution in [3.8, 4) is 0 Å². The van der Waals surface area contributed by atoms with E-state index in [1.54, 1.807) is 0 Å². The van der Waals surface area contributed by atoms with Gasteiger partial charge in [-0.15, -0.1) is 0 Å². The van der Waals surface area contributed by atoms with Crippen molar-refractivity contribution in [3.63, 3.8) is 0 Å². The number of hydrogen-bond acceptors (Lipinski definition) is 2. The Morgan fingerprint density at radius 3 is 2.75 bits per heavy atom. The average molecular weight is 219 g/mol. The van der Waals surface area contributed by atoms with Gasteiger partial charge >= 0.3 is 5.97 Å². The molecule has 0 bridgehead atoms. The normalized spacial score (nSPS) is 22.9. The van der Waals surface area contributed by atoms with E-state index < -0.39 is 5.97 Å². The van der Waals surface area contributed by atoms with Crippen LogP contribution in [0.1, 0.15) is 12.0 Å². The highest BCUT2D eigenvalue weighted by Crippen LogP contribution is 2.39. The summed E-state index contributed by atoms with van der Waals surface area (Å²) in [6.45, 7) is 2.91. The molecule has 0 aromatic heterocycles. The largest absolute Gasteiger partial charge is 0.481 e. The molecule has 0 spiro atoms. The number of para-hydroxylation sites is 1. The maximum absolute atomic E-state index is 10.7. The van der Waals surface area contributed by atoms with Crippen LogP contribution in [-0.2, 0) is 4.79 Å². The number of carboxylic acids is 1. The fourth-order valence-electron chi connectivity index (χ4n) is 2.19. The van der Waals surface area contributed by atoms with Crippen molar-refractivity contribution in [1.82, 2.24) is 0 Å². The summed E-state index contributed by atoms with van der Waals surface area (Å²) in [5.41, 5.74) is 2.43. The zero-order valence-electron chi connectivity index (χ0n) is 9.68. The van der Waals surface area contributed by atoms with Gasteiger partial charge in [-0.25, -0.2) is 0 Å². The van der Waals surface area contributed by atoms with E-state index in [0.717, 1.165) is 13.0 Å². The van der Waals surface area contributed by atoms with Crippen molar-refractivity contribution in [2.75, 3.05) is 18.5 Å². The number of aryl methyl sites for hydroxylation is 1. The Bertz CT molecular complexity index is 403. The van der Waals surface area contributed by atoms with Gasteiger partial charge in [-0.1, -0.05) is 18.2 Å². The lowest BCUT2D eigenvalue weighted by atomic mass is 10.2. The number of rotatable bonds is 4. The zero-order valence-corrected chi connectivity index (χ0v) is 9.68. The van der Waals surface area contributed by atoms with Crippen LogP contribution < -0.4 is 4.90 Å². The molecule has 0 amide bonds.